The van der Waals surface area contributed by atoms with E-state index in [-0.39, 0.29) is 6.03 Å². The lowest BCUT2D eigenvalue weighted by atomic mass is 10.2. The topological polar surface area (TPSA) is 38.8 Å². The molecule has 2 saturated heterocycles. The molecule has 1 atom stereocenters. The molecule has 6 heteroatoms. The van der Waals surface area contributed by atoms with Crippen molar-refractivity contribution in [3.05, 3.63) is 24.3 Å². The van der Waals surface area contributed by atoms with E-state index >= 15 is 0 Å². The lowest BCUT2D eigenvalue weighted by Gasteiger charge is -2.36. The monoisotopic (exact) mass is 348 g/mol. The van der Waals surface area contributed by atoms with Gasteiger partial charge < -0.3 is 20.0 Å². The van der Waals surface area contributed by atoms with E-state index in [9.17, 15) is 4.79 Å². The third-order valence-electron chi connectivity index (χ3n) is 4.87. The van der Waals surface area contributed by atoms with Gasteiger partial charge in [0, 0.05) is 50.3 Å². The van der Waals surface area contributed by atoms with Crippen LogP contribution in [0.4, 0.5) is 16.2 Å². The van der Waals surface area contributed by atoms with Gasteiger partial charge in [0.2, 0.25) is 0 Å². The highest BCUT2D eigenvalue weighted by atomic mass is 32.2. The van der Waals surface area contributed by atoms with Gasteiger partial charge >= 0.3 is 6.03 Å². The molecule has 2 amide bonds. The molecule has 1 aromatic carbocycles. The first-order valence-electron chi connectivity index (χ1n) is 8.87. The first-order valence-corrected chi connectivity index (χ1v) is 9.92. The zero-order chi connectivity index (χ0) is 16.9. The van der Waals surface area contributed by atoms with E-state index in [0.717, 1.165) is 62.8 Å². The van der Waals surface area contributed by atoms with Crippen LogP contribution in [-0.2, 0) is 0 Å². The number of likely N-dealkylation sites (N-methyl/N-ethyl adjacent to an activating group) is 1. The van der Waals surface area contributed by atoms with Gasteiger partial charge in [-0.2, -0.15) is 11.8 Å². The molecule has 3 rings (SSSR count). The van der Waals surface area contributed by atoms with Crippen LogP contribution in [0, 0.1) is 0 Å². The Hall–Kier alpha value is -1.40. The van der Waals surface area contributed by atoms with Gasteiger partial charge in [-0.1, -0.05) is 19.1 Å². The first kappa shape index (κ1) is 17.4. The molecule has 2 heterocycles. The number of benzene rings is 1. The van der Waals surface area contributed by atoms with Gasteiger partial charge in [0.25, 0.3) is 0 Å². The number of urea groups is 1. The van der Waals surface area contributed by atoms with Crippen molar-refractivity contribution in [1.82, 2.24) is 9.80 Å². The Balaban J connectivity index is 1.67. The van der Waals surface area contributed by atoms with Crippen LogP contribution in [0.1, 0.15) is 13.3 Å². The van der Waals surface area contributed by atoms with Gasteiger partial charge in [-0.25, -0.2) is 4.79 Å². The van der Waals surface area contributed by atoms with Gasteiger partial charge in [0.15, 0.2) is 0 Å². The minimum Gasteiger partial charge on any atom is -0.367 e. The SMILES string of the molecule is CC[C@@H]1CN(C(=O)Nc2ccccc2N2CCN(C)CC2)CCS1. The lowest BCUT2D eigenvalue weighted by Crippen LogP contribution is -2.46. The highest BCUT2D eigenvalue weighted by Crippen LogP contribution is 2.28. The summed E-state index contributed by atoms with van der Waals surface area (Å²) in [5.41, 5.74) is 2.07. The number of nitrogens with one attached hydrogen (secondary N) is 1. The molecule has 0 aromatic heterocycles. The fourth-order valence-electron chi connectivity index (χ4n) is 3.25. The van der Waals surface area contributed by atoms with Crippen molar-refractivity contribution in [2.24, 2.45) is 0 Å². The van der Waals surface area contributed by atoms with Gasteiger partial charge in [0.05, 0.1) is 11.4 Å². The van der Waals surface area contributed by atoms with Crippen LogP contribution in [-0.4, -0.2) is 73.1 Å². The average molecular weight is 349 g/mol. The van der Waals surface area contributed by atoms with Gasteiger partial charge in [-0.15, -0.1) is 0 Å². The molecule has 24 heavy (non-hydrogen) atoms. The second-order valence-electron chi connectivity index (χ2n) is 6.58. The van der Waals surface area contributed by atoms with E-state index in [1.54, 1.807) is 0 Å². The fraction of sp³-hybridized carbons (Fsp3) is 0.611. The van der Waals surface area contributed by atoms with Crippen LogP contribution >= 0.6 is 11.8 Å². The molecule has 0 unspecified atom stereocenters. The number of thioether (sulfide) groups is 1. The quantitative estimate of drug-likeness (QED) is 0.912. The van der Waals surface area contributed by atoms with Crippen molar-refractivity contribution in [2.75, 3.05) is 62.3 Å². The van der Waals surface area contributed by atoms with E-state index in [1.807, 2.05) is 34.9 Å². The summed E-state index contributed by atoms with van der Waals surface area (Å²) in [5, 5.41) is 3.72. The zero-order valence-corrected chi connectivity index (χ0v) is 15.5. The van der Waals surface area contributed by atoms with Crippen molar-refractivity contribution in [3.8, 4) is 0 Å². The molecule has 0 aliphatic carbocycles. The minimum atomic E-state index is 0.0373. The molecule has 0 radical (unpaired) electrons. The van der Waals surface area contributed by atoms with Crippen molar-refractivity contribution in [1.29, 1.82) is 0 Å². The standard InChI is InChI=1S/C18H28N4OS/c1-3-15-14-22(12-13-24-15)18(23)19-16-6-4-5-7-17(16)21-10-8-20(2)9-11-21/h4-7,15H,3,8-14H2,1-2H3,(H,19,23)/t15-/m1/s1. The van der Waals surface area contributed by atoms with Crippen molar-refractivity contribution in [2.45, 2.75) is 18.6 Å². The molecule has 0 saturated carbocycles. The number of carbonyl (C=O) groups excluding carboxylic acids is 1. The fourth-order valence-corrected chi connectivity index (χ4v) is 4.43. The smallest absolute Gasteiger partial charge is 0.321 e. The maximum atomic E-state index is 12.7. The number of anilines is 2. The number of carbonyl (C=O) groups is 1. The summed E-state index contributed by atoms with van der Waals surface area (Å²) in [7, 11) is 2.16. The van der Waals surface area contributed by atoms with Crippen molar-refractivity contribution < 1.29 is 4.79 Å². The molecule has 2 aliphatic rings. The van der Waals surface area contributed by atoms with Crippen LogP contribution in [0.2, 0.25) is 0 Å². The molecule has 5 nitrogen and oxygen atoms in total. The van der Waals surface area contributed by atoms with Crippen LogP contribution in [0.3, 0.4) is 0 Å². The summed E-state index contributed by atoms with van der Waals surface area (Å²) in [6.07, 6.45) is 1.12. The van der Waals surface area contributed by atoms with Crippen LogP contribution in [0.5, 0.6) is 0 Å². The normalized spacial score (nSPS) is 22.5. The van der Waals surface area contributed by atoms with Gasteiger partial charge in [0.1, 0.15) is 0 Å². The second kappa shape index (κ2) is 8.12. The number of amides is 2. The Morgan fingerprint density at radius 3 is 2.71 bits per heavy atom. The highest BCUT2D eigenvalue weighted by molar-refractivity contribution is 8.00. The van der Waals surface area contributed by atoms with E-state index in [0.29, 0.717) is 5.25 Å². The van der Waals surface area contributed by atoms with Crippen LogP contribution < -0.4 is 10.2 Å². The molecule has 2 aliphatic heterocycles. The Morgan fingerprint density at radius 1 is 1.21 bits per heavy atom. The van der Waals surface area contributed by atoms with Gasteiger partial charge in [-0.3, -0.25) is 0 Å². The van der Waals surface area contributed by atoms with E-state index in [2.05, 4.69) is 35.2 Å². The maximum absolute atomic E-state index is 12.7. The second-order valence-corrected chi connectivity index (χ2v) is 7.99. The third-order valence-corrected chi connectivity index (χ3v) is 6.24. The number of rotatable bonds is 3. The molecule has 132 valence electrons. The molecule has 0 bridgehead atoms. The number of hydrogen-bond acceptors (Lipinski definition) is 4. The maximum Gasteiger partial charge on any atom is 0.321 e. The minimum absolute atomic E-state index is 0.0373. The lowest BCUT2D eigenvalue weighted by molar-refractivity contribution is 0.213. The summed E-state index contributed by atoms with van der Waals surface area (Å²) in [4.78, 5) is 19.4. The van der Waals surface area contributed by atoms with E-state index in [1.165, 1.54) is 0 Å². The summed E-state index contributed by atoms with van der Waals surface area (Å²) < 4.78 is 0. The predicted octanol–water partition coefficient (Wildman–Crippen LogP) is 2.80. The average Bonchev–Trinajstić information content (AvgIpc) is 2.63. The van der Waals surface area contributed by atoms with Gasteiger partial charge in [-0.05, 0) is 25.6 Å². The first-order chi connectivity index (χ1) is 11.7. The number of nitrogens with zero attached hydrogens (tertiary/aromatic N) is 3. The Kier molecular flexibility index (Phi) is 5.89. The van der Waals surface area contributed by atoms with E-state index in [4.69, 9.17) is 0 Å². The number of para-hydroxylation sites is 2. The van der Waals surface area contributed by atoms with E-state index < -0.39 is 0 Å². The van der Waals surface area contributed by atoms with Crippen LogP contribution in [0.25, 0.3) is 0 Å². The van der Waals surface area contributed by atoms with Crippen LogP contribution in [0.15, 0.2) is 24.3 Å². The Morgan fingerprint density at radius 2 is 1.96 bits per heavy atom. The summed E-state index contributed by atoms with van der Waals surface area (Å²) in [5.74, 6) is 1.03. The predicted molar refractivity (Wildman–Crippen MR) is 103 cm³/mol. The molecule has 0 spiro atoms. The molecule has 1 aromatic rings. The number of hydrogen-bond donors (Lipinski definition) is 1. The third kappa shape index (κ3) is 4.16. The Bertz CT molecular complexity index is 560. The largest absolute Gasteiger partial charge is 0.367 e. The molecular weight excluding hydrogens is 320 g/mol. The molecular formula is C18H28N4OS. The van der Waals surface area contributed by atoms with Crippen molar-refractivity contribution in [3.63, 3.8) is 0 Å². The Labute approximate surface area is 149 Å². The molecule has 1 N–H and O–H groups in total. The summed E-state index contributed by atoms with van der Waals surface area (Å²) in [6.45, 7) is 8.01. The highest BCUT2D eigenvalue weighted by Gasteiger charge is 2.24. The summed E-state index contributed by atoms with van der Waals surface area (Å²) >= 11 is 1.98. The zero-order valence-electron chi connectivity index (χ0n) is 14.7. The summed E-state index contributed by atoms with van der Waals surface area (Å²) in [6, 6.07) is 8.21. The molecule has 2 fully saturated rings. The van der Waals surface area contributed by atoms with Crippen molar-refractivity contribution >= 4 is 29.2 Å². The number of piperazine rings is 1.